The number of carbonyl (C=O) groups excluding carboxylic acids is 1. The molecule has 2 saturated heterocycles. The number of hydrogen-bond acceptors (Lipinski definition) is 6. The van der Waals surface area contributed by atoms with Gasteiger partial charge in [-0.3, -0.25) is 0 Å². The number of amides is 2. The van der Waals surface area contributed by atoms with Crippen LogP contribution in [0.15, 0.2) is 30.5 Å². The molecule has 1 N–H and O–H groups in total. The van der Waals surface area contributed by atoms with Gasteiger partial charge in [0.2, 0.25) is 5.95 Å². The smallest absolute Gasteiger partial charge is 0.321 e. The van der Waals surface area contributed by atoms with Crippen LogP contribution >= 0.6 is 0 Å². The van der Waals surface area contributed by atoms with Gasteiger partial charge in [-0.25, -0.2) is 9.78 Å². The number of urea groups is 1. The molecule has 0 spiro atoms. The molecule has 8 nitrogen and oxygen atoms in total. The Bertz CT molecular complexity index is 860. The van der Waals surface area contributed by atoms with E-state index in [0.29, 0.717) is 26.3 Å². The first kappa shape index (κ1) is 19.4. The Balaban J connectivity index is 1.35. The molecule has 0 bridgehead atoms. The van der Waals surface area contributed by atoms with Crippen molar-refractivity contribution in [3.05, 3.63) is 41.6 Å². The summed E-state index contributed by atoms with van der Waals surface area (Å²) in [5.74, 6) is 1.66. The van der Waals surface area contributed by atoms with Crippen LogP contribution in [-0.2, 0) is 4.74 Å². The van der Waals surface area contributed by atoms with Crippen molar-refractivity contribution in [2.24, 2.45) is 0 Å². The van der Waals surface area contributed by atoms with E-state index in [4.69, 9.17) is 9.72 Å². The lowest BCUT2D eigenvalue weighted by molar-refractivity contribution is 0.122. The molecule has 8 heteroatoms. The number of ether oxygens (including phenoxy) is 1. The molecule has 29 heavy (non-hydrogen) atoms. The number of nitrogens with zero attached hydrogens (tertiary/aromatic N) is 5. The Kier molecular flexibility index (Phi) is 5.80. The SMILES string of the molecule is Cc1ccc(NC(=O)N2CCN(c3ccnc(N4CCOCC4)n3)CC2)c(C)c1. The lowest BCUT2D eigenvalue weighted by atomic mass is 10.1. The van der Waals surface area contributed by atoms with Crippen LogP contribution in [0.25, 0.3) is 0 Å². The Hall–Kier alpha value is -2.87. The van der Waals surface area contributed by atoms with Gasteiger partial charge in [-0.15, -0.1) is 0 Å². The molecule has 2 amide bonds. The maximum absolute atomic E-state index is 12.7. The Morgan fingerprint density at radius 2 is 1.76 bits per heavy atom. The van der Waals surface area contributed by atoms with E-state index in [0.717, 1.165) is 49.2 Å². The molecule has 2 fully saturated rings. The summed E-state index contributed by atoms with van der Waals surface area (Å²) in [5.41, 5.74) is 3.14. The predicted molar refractivity (Wildman–Crippen MR) is 114 cm³/mol. The zero-order valence-corrected chi connectivity index (χ0v) is 17.1. The molecular weight excluding hydrogens is 368 g/mol. The first-order chi connectivity index (χ1) is 14.1. The Morgan fingerprint density at radius 1 is 1.00 bits per heavy atom. The van der Waals surface area contributed by atoms with Crippen molar-refractivity contribution in [1.29, 1.82) is 0 Å². The highest BCUT2D eigenvalue weighted by molar-refractivity contribution is 5.90. The molecule has 154 valence electrons. The highest BCUT2D eigenvalue weighted by atomic mass is 16.5. The summed E-state index contributed by atoms with van der Waals surface area (Å²) < 4.78 is 5.41. The van der Waals surface area contributed by atoms with Crippen molar-refractivity contribution < 1.29 is 9.53 Å². The van der Waals surface area contributed by atoms with E-state index < -0.39 is 0 Å². The highest BCUT2D eigenvalue weighted by Gasteiger charge is 2.23. The number of piperazine rings is 1. The first-order valence-corrected chi connectivity index (χ1v) is 10.1. The maximum Gasteiger partial charge on any atom is 0.321 e. The molecule has 0 radical (unpaired) electrons. The third kappa shape index (κ3) is 4.59. The summed E-state index contributed by atoms with van der Waals surface area (Å²) >= 11 is 0. The molecule has 2 aliphatic heterocycles. The average Bonchev–Trinajstić information content (AvgIpc) is 2.76. The third-order valence-corrected chi connectivity index (χ3v) is 5.44. The van der Waals surface area contributed by atoms with E-state index in [9.17, 15) is 4.79 Å². The van der Waals surface area contributed by atoms with Gasteiger partial charge in [0.25, 0.3) is 0 Å². The lowest BCUT2D eigenvalue weighted by Gasteiger charge is -2.36. The number of morpholine rings is 1. The zero-order valence-electron chi connectivity index (χ0n) is 17.1. The molecule has 0 saturated carbocycles. The number of carbonyl (C=O) groups is 1. The summed E-state index contributed by atoms with van der Waals surface area (Å²) in [7, 11) is 0. The van der Waals surface area contributed by atoms with Crippen LogP contribution in [-0.4, -0.2) is 73.4 Å². The number of rotatable bonds is 3. The van der Waals surface area contributed by atoms with Crippen LogP contribution < -0.4 is 15.1 Å². The first-order valence-electron chi connectivity index (χ1n) is 10.1. The minimum atomic E-state index is -0.0479. The van der Waals surface area contributed by atoms with Gasteiger partial charge >= 0.3 is 6.03 Å². The van der Waals surface area contributed by atoms with Crippen LogP contribution in [0.3, 0.4) is 0 Å². The minimum absolute atomic E-state index is 0.0479. The van der Waals surface area contributed by atoms with Crippen LogP contribution in [0.2, 0.25) is 0 Å². The summed E-state index contributed by atoms with van der Waals surface area (Å²) in [4.78, 5) is 28.1. The monoisotopic (exact) mass is 396 g/mol. The summed E-state index contributed by atoms with van der Waals surface area (Å²) in [6.45, 7) is 9.94. The fraction of sp³-hybridized carbons (Fsp3) is 0.476. The van der Waals surface area contributed by atoms with Crippen molar-refractivity contribution >= 4 is 23.5 Å². The summed E-state index contributed by atoms with van der Waals surface area (Å²) in [6, 6.07) is 7.95. The van der Waals surface area contributed by atoms with E-state index in [1.54, 1.807) is 0 Å². The van der Waals surface area contributed by atoms with Gasteiger partial charge in [0, 0.05) is 51.2 Å². The molecular formula is C21H28N6O2. The van der Waals surface area contributed by atoms with Crippen molar-refractivity contribution in [3.8, 4) is 0 Å². The van der Waals surface area contributed by atoms with Crippen LogP contribution in [0.5, 0.6) is 0 Å². The van der Waals surface area contributed by atoms with Gasteiger partial charge in [0.05, 0.1) is 13.2 Å². The minimum Gasteiger partial charge on any atom is -0.378 e. The summed E-state index contributed by atoms with van der Waals surface area (Å²) in [6.07, 6.45) is 1.81. The van der Waals surface area contributed by atoms with Gasteiger partial charge in [-0.1, -0.05) is 17.7 Å². The standard InChI is InChI=1S/C21H28N6O2/c1-16-3-4-18(17(2)15-16)23-21(28)27-9-7-25(8-10-27)19-5-6-22-20(24-19)26-11-13-29-14-12-26/h3-6,15H,7-14H2,1-2H3,(H,23,28). The normalized spacial score (nSPS) is 17.4. The molecule has 2 aromatic rings. The molecule has 2 aliphatic rings. The van der Waals surface area contributed by atoms with E-state index in [-0.39, 0.29) is 6.03 Å². The number of nitrogens with one attached hydrogen (secondary N) is 1. The van der Waals surface area contributed by atoms with Crippen molar-refractivity contribution in [2.75, 3.05) is 67.6 Å². The third-order valence-electron chi connectivity index (χ3n) is 5.44. The molecule has 1 aromatic heterocycles. The second kappa shape index (κ2) is 8.65. The van der Waals surface area contributed by atoms with Crippen molar-refractivity contribution in [1.82, 2.24) is 14.9 Å². The fourth-order valence-corrected chi connectivity index (χ4v) is 3.72. The fourth-order valence-electron chi connectivity index (χ4n) is 3.72. The quantitative estimate of drug-likeness (QED) is 0.858. The number of anilines is 3. The predicted octanol–water partition coefficient (Wildman–Crippen LogP) is 2.28. The van der Waals surface area contributed by atoms with Gasteiger partial charge in [0.15, 0.2) is 0 Å². The van der Waals surface area contributed by atoms with Gasteiger partial charge in [0.1, 0.15) is 5.82 Å². The van der Waals surface area contributed by atoms with E-state index >= 15 is 0 Å². The molecule has 0 aliphatic carbocycles. The van der Waals surface area contributed by atoms with Gasteiger partial charge in [-0.05, 0) is 31.5 Å². The largest absolute Gasteiger partial charge is 0.378 e. The van der Waals surface area contributed by atoms with Gasteiger partial charge < -0.3 is 24.8 Å². The van der Waals surface area contributed by atoms with Crippen LogP contribution in [0.1, 0.15) is 11.1 Å². The maximum atomic E-state index is 12.7. The summed E-state index contributed by atoms with van der Waals surface area (Å²) in [5, 5.41) is 3.04. The topological polar surface area (TPSA) is 73.8 Å². The molecule has 3 heterocycles. The lowest BCUT2D eigenvalue weighted by Crippen LogP contribution is -2.50. The van der Waals surface area contributed by atoms with E-state index in [1.165, 1.54) is 5.56 Å². The molecule has 0 unspecified atom stereocenters. The van der Waals surface area contributed by atoms with E-state index in [2.05, 4.69) is 33.1 Å². The van der Waals surface area contributed by atoms with Crippen molar-refractivity contribution in [3.63, 3.8) is 0 Å². The number of aromatic nitrogens is 2. The number of hydrogen-bond donors (Lipinski definition) is 1. The van der Waals surface area contributed by atoms with Crippen LogP contribution in [0.4, 0.5) is 22.2 Å². The number of benzene rings is 1. The molecule has 0 atom stereocenters. The Labute approximate surface area is 171 Å². The van der Waals surface area contributed by atoms with Gasteiger partial charge in [-0.2, -0.15) is 4.98 Å². The highest BCUT2D eigenvalue weighted by Crippen LogP contribution is 2.19. The van der Waals surface area contributed by atoms with E-state index in [1.807, 2.05) is 36.2 Å². The second-order valence-corrected chi connectivity index (χ2v) is 7.54. The average molecular weight is 396 g/mol. The number of aryl methyl sites for hydroxylation is 2. The molecule has 1 aromatic carbocycles. The van der Waals surface area contributed by atoms with Crippen LogP contribution in [0, 0.1) is 13.8 Å². The molecule has 4 rings (SSSR count). The van der Waals surface area contributed by atoms with Crippen molar-refractivity contribution in [2.45, 2.75) is 13.8 Å². The zero-order chi connectivity index (χ0) is 20.2. The second-order valence-electron chi connectivity index (χ2n) is 7.54. The Morgan fingerprint density at radius 3 is 2.48 bits per heavy atom.